The maximum Gasteiger partial charge on any atom is 0.475 e. The molecule has 0 aliphatic rings. The van der Waals surface area contributed by atoms with Gasteiger partial charge in [-0.15, -0.1) is 0 Å². The SMILES string of the molecule is CCc1ccc(OCC(=O)C[C@@H](CCCN=C(N)N[N+](=O)[O-])C(=O)N[C@@H](CC(C)C)B(O)O)cc1. The van der Waals surface area contributed by atoms with Crippen LogP contribution < -0.4 is 21.2 Å². The van der Waals surface area contributed by atoms with Crippen molar-refractivity contribution >= 4 is 24.8 Å². The van der Waals surface area contributed by atoms with Crippen LogP contribution in [0, 0.1) is 22.0 Å². The van der Waals surface area contributed by atoms with E-state index in [2.05, 4.69) is 10.3 Å². The molecule has 1 aromatic carbocycles. The van der Waals surface area contributed by atoms with Crippen LogP contribution in [0.1, 0.15) is 52.0 Å². The molecule has 0 aromatic heterocycles. The number of hydrogen-bond acceptors (Lipinski definition) is 8. The lowest BCUT2D eigenvalue weighted by Gasteiger charge is -2.23. The molecule has 0 radical (unpaired) electrons. The van der Waals surface area contributed by atoms with Crippen molar-refractivity contribution in [3.05, 3.63) is 39.9 Å². The zero-order chi connectivity index (χ0) is 26.4. The minimum absolute atomic E-state index is 0.0982. The fourth-order valence-corrected chi connectivity index (χ4v) is 3.37. The fraction of sp³-hybridized carbons (Fsp3) is 0.591. The van der Waals surface area contributed by atoms with Crippen LogP contribution in [-0.4, -0.2) is 58.9 Å². The molecule has 0 fully saturated rings. The van der Waals surface area contributed by atoms with Crippen LogP contribution in [0.2, 0.25) is 0 Å². The van der Waals surface area contributed by atoms with Crippen molar-refractivity contribution < 1.29 is 29.4 Å². The molecule has 35 heavy (non-hydrogen) atoms. The molecule has 1 amide bonds. The Hall–Kier alpha value is -3.19. The predicted molar refractivity (Wildman–Crippen MR) is 132 cm³/mol. The smallest absolute Gasteiger partial charge is 0.475 e. The Balaban J connectivity index is 2.78. The van der Waals surface area contributed by atoms with E-state index in [-0.39, 0.29) is 43.7 Å². The van der Waals surface area contributed by atoms with Crippen molar-refractivity contribution in [2.45, 2.75) is 58.8 Å². The van der Waals surface area contributed by atoms with Gasteiger partial charge in [-0.2, -0.15) is 0 Å². The molecule has 0 unspecified atom stereocenters. The van der Waals surface area contributed by atoms with E-state index in [1.54, 1.807) is 17.6 Å². The summed E-state index contributed by atoms with van der Waals surface area (Å²) in [5.41, 5.74) is 8.25. The van der Waals surface area contributed by atoms with Gasteiger partial charge in [-0.25, -0.2) is 15.1 Å². The number of hydrogen-bond donors (Lipinski definition) is 5. The average Bonchev–Trinajstić information content (AvgIpc) is 2.78. The Morgan fingerprint density at radius 3 is 2.46 bits per heavy atom. The van der Waals surface area contributed by atoms with Crippen molar-refractivity contribution in [1.82, 2.24) is 10.7 Å². The lowest BCUT2D eigenvalue weighted by molar-refractivity contribution is -0.525. The molecule has 2 atom stereocenters. The third-order valence-corrected chi connectivity index (χ3v) is 5.19. The molecule has 1 aromatic rings. The van der Waals surface area contributed by atoms with Crippen LogP contribution in [0.4, 0.5) is 0 Å². The monoisotopic (exact) mass is 493 g/mol. The van der Waals surface area contributed by atoms with Crippen molar-refractivity contribution in [2.75, 3.05) is 13.2 Å². The van der Waals surface area contributed by atoms with Crippen LogP contribution in [0.5, 0.6) is 5.75 Å². The number of aliphatic imine (C=N–C) groups is 1. The van der Waals surface area contributed by atoms with E-state index in [1.165, 1.54) is 0 Å². The summed E-state index contributed by atoms with van der Waals surface area (Å²) in [6.07, 6.45) is 1.65. The molecular weight excluding hydrogens is 457 g/mol. The zero-order valence-electron chi connectivity index (χ0n) is 20.5. The number of nitro groups is 1. The van der Waals surface area contributed by atoms with Gasteiger partial charge in [0, 0.05) is 18.9 Å². The number of Topliss-reactive ketones (excluding diaryl/α,β-unsaturated/α-hetero) is 1. The van der Waals surface area contributed by atoms with E-state index in [4.69, 9.17) is 10.5 Å². The second-order valence-corrected chi connectivity index (χ2v) is 8.66. The second kappa shape index (κ2) is 15.7. The number of nitrogens with one attached hydrogen (secondary N) is 2. The van der Waals surface area contributed by atoms with E-state index in [9.17, 15) is 29.8 Å². The van der Waals surface area contributed by atoms with E-state index >= 15 is 0 Å². The summed E-state index contributed by atoms with van der Waals surface area (Å²) in [6, 6.07) is 7.36. The second-order valence-electron chi connectivity index (χ2n) is 8.66. The summed E-state index contributed by atoms with van der Waals surface area (Å²) in [4.78, 5) is 39.7. The number of benzene rings is 1. The lowest BCUT2D eigenvalue weighted by atomic mass is 9.74. The van der Waals surface area contributed by atoms with Gasteiger partial charge in [0.15, 0.2) is 10.8 Å². The molecule has 0 saturated heterocycles. The van der Waals surface area contributed by atoms with Crippen LogP contribution in [-0.2, 0) is 16.0 Å². The Kier molecular flexibility index (Phi) is 13.4. The largest absolute Gasteiger partial charge is 0.486 e. The molecule has 0 saturated carbocycles. The van der Waals surface area contributed by atoms with Crippen molar-refractivity contribution in [2.24, 2.45) is 22.6 Å². The van der Waals surface area contributed by atoms with E-state index in [0.717, 1.165) is 12.0 Å². The van der Waals surface area contributed by atoms with Crippen LogP contribution in [0.3, 0.4) is 0 Å². The molecule has 13 heteroatoms. The molecule has 0 spiro atoms. The summed E-state index contributed by atoms with van der Waals surface area (Å²) in [6.45, 7) is 5.68. The van der Waals surface area contributed by atoms with Gasteiger partial charge in [0.05, 0.1) is 5.94 Å². The predicted octanol–water partition coefficient (Wildman–Crippen LogP) is 0.622. The Bertz CT molecular complexity index is 849. The van der Waals surface area contributed by atoms with Crippen LogP contribution >= 0.6 is 0 Å². The standard InChI is InChI=1S/C22H36BN5O7/c1-4-16-7-9-19(10-8-16)35-14-18(29)13-17(6-5-11-25-22(24)27-28(33)34)21(30)26-20(23(31)32)12-15(2)3/h7-10,15,17,20,31-32H,4-6,11-14H2,1-3H3,(H,26,30)(H3,24,25,27)/t17-,20+/m1/s1. The molecule has 0 heterocycles. The molecule has 12 nitrogen and oxygen atoms in total. The third kappa shape index (κ3) is 12.7. The molecule has 194 valence electrons. The quantitative estimate of drug-likeness (QED) is 0.0549. The van der Waals surface area contributed by atoms with Crippen LogP contribution in [0.25, 0.3) is 0 Å². The van der Waals surface area contributed by atoms with Crippen molar-refractivity contribution in [3.63, 3.8) is 0 Å². The summed E-state index contributed by atoms with van der Waals surface area (Å²) < 4.78 is 5.54. The maximum atomic E-state index is 12.9. The van der Waals surface area contributed by atoms with Gasteiger partial charge in [-0.05, 0) is 49.3 Å². The maximum absolute atomic E-state index is 12.9. The van der Waals surface area contributed by atoms with Crippen LogP contribution in [0.15, 0.2) is 29.3 Å². The van der Waals surface area contributed by atoms with Gasteiger partial charge < -0.3 is 25.8 Å². The van der Waals surface area contributed by atoms with Crippen molar-refractivity contribution in [3.8, 4) is 5.75 Å². The van der Waals surface area contributed by atoms with Crippen molar-refractivity contribution in [1.29, 1.82) is 0 Å². The minimum atomic E-state index is -1.75. The topological polar surface area (TPSA) is 189 Å². The third-order valence-electron chi connectivity index (χ3n) is 5.19. The lowest BCUT2D eigenvalue weighted by Crippen LogP contribution is -2.49. The normalized spacial score (nSPS) is 13.1. The average molecular weight is 493 g/mol. The number of nitrogens with zero attached hydrogens (tertiary/aromatic N) is 2. The van der Waals surface area contributed by atoms with Gasteiger partial charge in [-0.1, -0.05) is 38.3 Å². The first-order valence-corrected chi connectivity index (χ1v) is 11.6. The number of ether oxygens (including phenoxy) is 1. The highest BCUT2D eigenvalue weighted by Gasteiger charge is 2.30. The summed E-state index contributed by atoms with van der Waals surface area (Å²) in [5.74, 6) is -2.18. The Morgan fingerprint density at radius 2 is 1.91 bits per heavy atom. The highest BCUT2D eigenvalue weighted by Crippen LogP contribution is 2.17. The minimum Gasteiger partial charge on any atom is -0.486 e. The first-order valence-electron chi connectivity index (χ1n) is 11.6. The number of hydrazine groups is 1. The van der Waals surface area contributed by atoms with Gasteiger partial charge >= 0.3 is 7.12 Å². The van der Waals surface area contributed by atoms with Gasteiger partial charge in [0.25, 0.3) is 5.96 Å². The first-order chi connectivity index (χ1) is 16.5. The number of nitrogens with two attached hydrogens (primary N) is 1. The summed E-state index contributed by atoms with van der Waals surface area (Å²) in [7, 11) is -1.75. The summed E-state index contributed by atoms with van der Waals surface area (Å²) >= 11 is 0. The molecule has 0 aliphatic heterocycles. The van der Waals surface area contributed by atoms with Gasteiger partial charge in [0.1, 0.15) is 12.4 Å². The highest BCUT2D eigenvalue weighted by molar-refractivity contribution is 6.43. The molecule has 0 aliphatic carbocycles. The number of carbonyl (C=O) groups excluding carboxylic acids is 2. The number of carbonyl (C=O) groups is 2. The fourth-order valence-electron chi connectivity index (χ4n) is 3.37. The zero-order valence-corrected chi connectivity index (χ0v) is 20.5. The Labute approximate surface area is 205 Å². The number of ketones is 1. The van der Waals surface area contributed by atoms with Gasteiger partial charge in [-0.3, -0.25) is 9.59 Å². The highest BCUT2D eigenvalue weighted by atomic mass is 16.7. The number of rotatable bonds is 16. The number of aryl methyl sites for hydroxylation is 1. The molecule has 6 N–H and O–H groups in total. The van der Waals surface area contributed by atoms with E-state index in [0.29, 0.717) is 18.6 Å². The number of amides is 1. The summed E-state index contributed by atoms with van der Waals surface area (Å²) in [5, 5.41) is 31.4. The Morgan fingerprint density at radius 1 is 1.26 bits per heavy atom. The van der Waals surface area contributed by atoms with Gasteiger partial charge in [0.2, 0.25) is 5.91 Å². The molecule has 1 rings (SSSR count). The molecule has 0 bridgehead atoms. The van der Waals surface area contributed by atoms with E-state index < -0.39 is 29.9 Å². The molecular formula is C22H36BN5O7. The first kappa shape index (κ1) is 29.8. The van der Waals surface area contributed by atoms with E-state index in [1.807, 2.05) is 32.9 Å². The number of guanidine groups is 1.